The topological polar surface area (TPSA) is 107 Å². The van der Waals surface area contributed by atoms with Gasteiger partial charge in [0.15, 0.2) is 11.5 Å². The highest BCUT2D eigenvalue weighted by Crippen LogP contribution is 2.43. The van der Waals surface area contributed by atoms with Crippen LogP contribution >= 0.6 is 0 Å². The lowest BCUT2D eigenvalue weighted by Crippen LogP contribution is -2.11. The van der Waals surface area contributed by atoms with Gasteiger partial charge in [-0.2, -0.15) is 0 Å². The molecule has 0 aliphatic heterocycles. The third-order valence-corrected chi connectivity index (χ3v) is 2.62. The van der Waals surface area contributed by atoms with Gasteiger partial charge < -0.3 is 25.2 Å². The minimum Gasteiger partial charge on any atom is -0.504 e. The van der Waals surface area contributed by atoms with Crippen LogP contribution in [-0.2, 0) is 11.2 Å². The summed E-state index contributed by atoms with van der Waals surface area (Å²) in [5.74, 6) is -3.39. The number of carbonyl (C=O) groups is 1. The van der Waals surface area contributed by atoms with Crippen LogP contribution < -0.4 is 4.74 Å². The maximum atomic E-state index is 11.7. The maximum absolute atomic E-state index is 11.7. The van der Waals surface area contributed by atoms with Crippen molar-refractivity contribution in [2.75, 3.05) is 0 Å². The molecule has 0 fully saturated rings. The van der Waals surface area contributed by atoms with Gasteiger partial charge in [-0.15, -0.1) is 0 Å². The summed E-state index contributed by atoms with van der Waals surface area (Å²) in [6.45, 7) is 0. The number of ether oxygens (including phenoxy) is 1. The van der Waals surface area contributed by atoms with Gasteiger partial charge >= 0.3 is 5.97 Å². The summed E-state index contributed by atoms with van der Waals surface area (Å²) >= 11 is 0. The average molecular weight is 276 g/mol. The van der Waals surface area contributed by atoms with Gasteiger partial charge in [-0.05, 0) is 18.2 Å². The molecule has 0 unspecified atom stereocenters. The third-order valence-electron chi connectivity index (χ3n) is 2.62. The van der Waals surface area contributed by atoms with Crippen molar-refractivity contribution < 1.29 is 30.0 Å². The van der Waals surface area contributed by atoms with Crippen molar-refractivity contribution in [3.05, 3.63) is 42.0 Å². The van der Waals surface area contributed by atoms with Gasteiger partial charge in [-0.25, -0.2) is 0 Å². The first-order valence-electron chi connectivity index (χ1n) is 5.70. The standard InChI is InChI=1S/C14H12O6/c15-10-6-8(12(17)14(19)13(10)18)7-11(16)20-9-4-2-1-3-5-9/h1-6,15,17-19H,7H2. The zero-order valence-corrected chi connectivity index (χ0v) is 10.3. The number of hydrogen-bond acceptors (Lipinski definition) is 6. The van der Waals surface area contributed by atoms with E-state index < -0.39 is 29.0 Å². The second-order valence-electron chi connectivity index (χ2n) is 4.06. The van der Waals surface area contributed by atoms with E-state index in [9.17, 15) is 25.2 Å². The predicted molar refractivity (Wildman–Crippen MR) is 68.9 cm³/mol. The van der Waals surface area contributed by atoms with Gasteiger partial charge in [-0.1, -0.05) is 18.2 Å². The SMILES string of the molecule is O=C(Cc1cc(O)c(O)c(O)c1O)Oc1ccccc1. The second-order valence-corrected chi connectivity index (χ2v) is 4.06. The van der Waals surface area contributed by atoms with Crippen molar-refractivity contribution in [1.82, 2.24) is 0 Å². The number of esters is 1. The highest BCUT2D eigenvalue weighted by molar-refractivity contribution is 5.77. The summed E-state index contributed by atoms with van der Waals surface area (Å²) < 4.78 is 5.01. The molecule has 6 heteroatoms. The first kappa shape index (κ1) is 13.5. The minimum atomic E-state index is -0.882. The molecule has 0 aliphatic rings. The normalized spacial score (nSPS) is 10.2. The lowest BCUT2D eigenvalue weighted by molar-refractivity contribution is -0.133. The van der Waals surface area contributed by atoms with E-state index in [1.807, 2.05) is 0 Å². The fraction of sp³-hybridized carbons (Fsp3) is 0.0714. The molecule has 2 aromatic rings. The zero-order chi connectivity index (χ0) is 14.7. The van der Waals surface area contributed by atoms with Gasteiger partial charge in [0.1, 0.15) is 5.75 Å². The fourth-order valence-electron chi connectivity index (χ4n) is 1.63. The van der Waals surface area contributed by atoms with Crippen molar-refractivity contribution >= 4 is 5.97 Å². The molecule has 0 heterocycles. The predicted octanol–water partition coefficient (Wildman–Crippen LogP) is 1.66. The molecular formula is C14H12O6. The van der Waals surface area contributed by atoms with Gasteiger partial charge in [0.05, 0.1) is 6.42 Å². The molecular weight excluding hydrogens is 264 g/mol. The molecule has 0 aromatic heterocycles. The Kier molecular flexibility index (Phi) is 3.65. The fourth-order valence-corrected chi connectivity index (χ4v) is 1.63. The summed E-state index contributed by atoms with van der Waals surface area (Å²) in [6, 6.07) is 9.31. The minimum absolute atomic E-state index is 0.0567. The van der Waals surface area contributed by atoms with Crippen LogP contribution in [-0.4, -0.2) is 26.4 Å². The van der Waals surface area contributed by atoms with Crippen LogP contribution in [0.25, 0.3) is 0 Å². The Balaban J connectivity index is 2.16. The monoisotopic (exact) mass is 276 g/mol. The van der Waals surface area contributed by atoms with Crippen LogP contribution in [0.4, 0.5) is 0 Å². The van der Waals surface area contributed by atoms with Crippen LogP contribution in [0, 0.1) is 0 Å². The van der Waals surface area contributed by atoms with E-state index in [1.54, 1.807) is 30.3 Å². The van der Waals surface area contributed by atoms with Crippen LogP contribution in [0.1, 0.15) is 5.56 Å². The van der Waals surface area contributed by atoms with Gasteiger partial charge in [-0.3, -0.25) is 4.79 Å². The van der Waals surface area contributed by atoms with Crippen LogP contribution in [0.3, 0.4) is 0 Å². The molecule has 6 nitrogen and oxygen atoms in total. The van der Waals surface area contributed by atoms with Crippen molar-refractivity contribution in [1.29, 1.82) is 0 Å². The Bertz CT molecular complexity index is 636. The van der Waals surface area contributed by atoms with Gasteiger partial charge in [0.2, 0.25) is 11.5 Å². The quantitative estimate of drug-likeness (QED) is 0.294. The molecule has 0 saturated heterocycles. The van der Waals surface area contributed by atoms with Crippen LogP contribution in [0.15, 0.2) is 36.4 Å². The molecule has 4 N–H and O–H groups in total. The van der Waals surface area contributed by atoms with Crippen molar-refractivity contribution in [3.63, 3.8) is 0 Å². The summed E-state index contributed by atoms with van der Waals surface area (Å²) in [5, 5.41) is 37.5. The molecule has 2 aromatic carbocycles. The van der Waals surface area contributed by atoms with E-state index in [2.05, 4.69) is 0 Å². The number of phenolic OH excluding ortho intramolecular Hbond substituents is 4. The number of rotatable bonds is 3. The Morgan fingerprint density at radius 2 is 1.60 bits per heavy atom. The summed E-state index contributed by atoms with van der Waals surface area (Å²) in [5.41, 5.74) is -0.0567. The second kappa shape index (κ2) is 5.40. The maximum Gasteiger partial charge on any atom is 0.315 e. The highest BCUT2D eigenvalue weighted by atomic mass is 16.5. The van der Waals surface area contributed by atoms with Gasteiger partial charge in [0, 0.05) is 5.56 Å². The smallest absolute Gasteiger partial charge is 0.315 e. The number of hydrogen-bond donors (Lipinski definition) is 4. The van der Waals surface area contributed by atoms with E-state index >= 15 is 0 Å². The molecule has 104 valence electrons. The number of carbonyl (C=O) groups excluding carboxylic acids is 1. The van der Waals surface area contributed by atoms with Crippen molar-refractivity contribution in [2.24, 2.45) is 0 Å². The molecule has 0 atom stereocenters. The number of phenols is 4. The highest BCUT2D eigenvalue weighted by Gasteiger charge is 2.19. The molecule has 2 rings (SSSR count). The van der Waals surface area contributed by atoms with E-state index in [4.69, 9.17) is 4.74 Å². The van der Waals surface area contributed by atoms with Crippen LogP contribution in [0.5, 0.6) is 28.7 Å². The van der Waals surface area contributed by atoms with E-state index in [0.717, 1.165) is 6.07 Å². The number of benzene rings is 2. The lowest BCUT2D eigenvalue weighted by atomic mass is 10.1. The van der Waals surface area contributed by atoms with Crippen LogP contribution in [0.2, 0.25) is 0 Å². The van der Waals surface area contributed by atoms with E-state index in [1.165, 1.54) is 0 Å². The Labute approximate surface area is 114 Å². The summed E-state index contributed by atoms with van der Waals surface area (Å²) in [6.07, 6.45) is -0.373. The first-order chi connectivity index (χ1) is 9.49. The van der Waals surface area contributed by atoms with Crippen molar-refractivity contribution in [2.45, 2.75) is 6.42 Å². The molecule has 0 radical (unpaired) electrons. The molecule has 0 aliphatic carbocycles. The summed E-state index contributed by atoms with van der Waals surface area (Å²) in [7, 11) is 0. The Hall–Kier alpha value is -2.89. The molecule has 20 heavy (non-hydrogen) atoms. The number of aromatic hydroxyl groups is 4. The first-order valence-corrected chi connectivity index (χ1v) is 5.70. The van der Waals surface area contributed by atoms with Gasteiger partial charge in [0.25, 0.3) is 0 Å². The zero-order valence-electron chi connectivity index (χ0n) is 10.3. The largest absolute Gasteiger partial charge is 0.504 e. The molecule has 0 bridgehead atoms. The van der Waals surface area contributed by atoms with E-state index in [-0.39, 0.29) is 12.0 Å². The lowest BCUT2D eigenvalue weighted by Gasteiger charge is -2.09. The molecule has 0 amide bonds. The number of para-hydroxylation sites is 1. The third kappa shape index (κ3) is 2.74. The average Bonchev–Trinajstić information content (AvgIpc) is 2.43. The molecule has 0 spiro atoms. The Morgan fingerprint density at radius 1 is 0.950 bits per heavy atom. The molecule has 0 saturated carbocycles. The van der Waals surface area contributed by atoms with E-state index in [0.29, 0.717) is 5.75 Å². The summed E-state index contributed by atoms with van der Waals surface area (Å²) in [4.78, 5) is 11.7. The van der Waals surface area contributed by atoms with Crippen molar-refractivity contribution in [3.8, 4) is 28.7 Å². The Morgan fingerprint density at radius 3 is 2.25 bits per heavy atom.